The Bertz CT molecular complexity index is 1190. The van der Waals surface area contributed by atoms with Gasteiger partial charge in [-0.25, -0.2) is 0 Å². The number of ether oxygens (including phenoxy) is 2. The maximum absolute atomic E-state index is 12.8. The van der Waals surface area contributed by atoms with Crippen LogP contribution in [0.5, 0.6) is 23.0 Å². The topological polar surface area (TPSA) is 150 Å². The van der Waals surface area contributed by atoms with Crippen LogP contribution < -0.4 is 10.2 Å². The van der Waals surface area contributed by atoms with Gasteiger partial charge < -0.3 is 39.4 Å². The molecule has 0 bridgehead atoms. The van der Waals surface area contributed by atoms with Gasteiger partial charge in [0.25, 0.3) is 0 Å². The molecule has 5 N–H and O–H groups in total. The molecule has 1 aliphatic heterocycles. The van der Waals surface area contributed by atoms with Gasteiger partial charge in [-0.2, -0.15) is 0 Å². The van der Waals surface area contributed by atoms with Crippen LogP contribution in [0.25, 0.3) is 22.3 Å². The second-order valence-electron chi connectivity index (χ2n) is 7.52. The molecule has 3 aromatic rings. The molecular formula is C22H22O9. The first kappa shape index (κ1) is 21.0. The molecule has 1 aromatic heterocycles. The number of hydrogen-bond donors (Lipinski definition) is 5. The third-order valence-electron chi connectivity index (χ3n) is 5.51. The largest absolute Gasteiger partial charge is 0.507 e. The Morgan fingerprint density at radius 1 is 1.06 bits per heavy atom. The molecule has 0 aliphatic carbocycles. The number of rotatable bonds is 3. The van der Waals surface area contributed by atoms with E-state index in [1.807, 2.05) is 0 Å². The van der Waals surface area contributed by atoms with Crippen LogP contribution >= 0.6 is 0 Å². The van der Waals surface area contributed by atoms with Crippen LogP contribution in [-0.2, 0) is 4.74 Å². The predicted molar refractivity (Wildman–Crippen MR) is 109 cm³/mol. The molecule has 2 aromatic carbocycles. The Morgan fingerprint density at radius 3 is 2.48 bits per heavy atom. The first-order valence-corrected chi connectivity index (χ1v) is 9.63. The lowest BCUT2D eigenvalue weighted by molar-refractivity contribution is -0.164. The molecule has 0 saturated carbocycles. The molecular weight excluding hydrogens is 408 g/mol. The number of benzene rings is 2. The number of phenols is 3. The Labute approximate surface area is 176 Å². The maximum Gasteiger partial charge on any atom is 0.197 e. The average molecular weight is 430 g/mol. The van der Waals surface area contributed by atoms with Crippen LogP contribution in [0.2, 0.25) is 0 Å². The van der Waals surface area contributed by atoms with Gasteiger partial charge in [-0.05, 0) is 25.1 Å². The Balaban J connectivity index is 1.83. The molecule has 31 heavy (non-hydrogen) atoms. The van der Waals surface area contributed by atoms with Gasteiger partial charge in [0.15, 0.2) is 16.9 Å². The molecule has 2 heterocycles. The van der Waals surface area contributed by atoms with Crippen molar-refractivity contribution in [3.63, 3.8) is 0 Å². The van der Waals surface area contributed by atoms with Crippen molar-refractivity contribution in [1.29, 1.82) is 0 Å². The van der Waals surface area contributed by atoms with E-state index in [0.29, 0.717) is 5.56 Å². The molecule has 0 spiro atoms. The van der Waals surface area contributed by atoms with Gasteiger partial charge >= 0.3 is 0 Å². The number of hydrogen-bond acceptors (Lipinski definition) is 9. The second-order valence-corrected chi connectivity index (χ2v) is 7.52. The highest BCUT2D eigenvalue weighted by molar-refractivity contribution is 5.88. The fraction of sp³-hybridized carbons (Fsp3) is 0.318. The summed E-state index contributed by atoms with van der Waals surface area (Å²) < 4.78 is 16.4. The highest BCUT2D eigenvalue weighted by Crippen LogP contribution is 2.44. The van der Waals surface area contributed by atoms with E-state index < -0.39 is 35.6 Å². The maximum atomic E-state index is 12.8. The monoisotopic (exact) mass is 430 g/mol. The fourth-order valence-electron chi connectivity index (χ4n) is 3.85. The van der Waals surface area contributed by atoms with Gasteiger partial charge in [0.2, 0.25) is 0 Å². The Hall–Kier alpha value is -3.27. The van der Waals surface area contributed by atoms with Crippen molar-refractivity contribution in [1.82, 2.24) is 0 Å². The standard InChI is InChI=1S/C22H22O9/c1-9-21(27)14(26)8-17(30-9)19-13(25)7-18-20(22(19)28)12(24)6-15(31-18)10-3-4-11(23)16(5-10)29-2/h3-7,9,14,17,21,23,25-28H,8H2,1-2H3/t9-,14-,17-,21-/m1/s1. The van der Waals surface area contributed by atoms with Crippen LogP contribution in [0.4, 0.5) is 0 Å². The summed E-state index contributed by atoms with van der Waals surface area (Å²) in [5.74, 6) is -0.647. The predicted octanol–water partition coefficient (Wildman–Crippen LogP) is 2.16. The van der Waals surface area contributed by atoms with Gasteiger partial charge in [0.1, 0.15) is 34.3 Å². The molecule has 9 heteroatoms. The smallest absolute Gasteiger partial charge is 0.197 e. The van der Waals surface area contributed by atoms with Crippen molar-refractivity contribution in [2.24, 2.45) is 0 Å². The molecule has 0 amide bonds. The van der Waals surface area contributed by atoms with E-state index in [4.69, 9.17) is 13.9 Å². The first-order valence-electron chi connectivity index (χ1n) is 9.63. The lowest BCUT2D eigenvalue weighted by Gasteiger charge is -2.36. The minimum Gasteiger partial charge on any atom is -0.507 e. The van der Waals surface area contributed by atoms with E-state index in [1.54, 1.807) is 6.92 Å². The van der Waals surface area contributed by atoms with E-state index in [9.17, 15) is 30.3 Å². The van der Waals surface area contributed by atoms with Crippen molar-refractivity contribution < 1.29 is 39.4 Å². The summed E-state index contributed by atoms with van der Waals surface area (Å²) in [6, 6.07) is 6.77. The molecule has 1 aliphatic rings. The van der Waals surface area contributed by atoms with E-state index in [-0.39, 0.29) is 46.0 Å². The number of aliphatic hydroxyl groups excluding tert-OH is 2. The average Bonchev–Trinajstić information content (AvgIpc) is 2.71. The zero-order valence-electron chi connectivity index (χ0n) is 16.8. The van der Waals surface area contributed by atoms with E-state index in [2.05, 4.69) is 0 Å². The summed E-state index contributed by atoms with van der Waals surface area (Å²) >= 11 is 0. The third-order valence-corrected chi connectivity index (χ3v) is 5.51. The number of phenolic OH excluding ortho intramolecular Hbond substituents is 3. The fourth-order valence-corrected chi connectivity index (χ4v) is 3.85. The summed E-state index contributed by atoms with van der Waals surface area (Å²) in [5, 5.41) is 50.9. The van der Waals surface area contributed by atoms with Crippen molar-refractivity contribution in [3.05, 3.63) is 46.1 Å². The molecule has 1 saturated heterocycles. The first-order chi connectivity index (χ1) is 14.7. The minimum atomic E-state index is -1.12. The summed E-state index contributed by atoms with van der Waals surface area (Å²) in [6.45, 7) is 1.56. The summed E-state index contributed by atoms with van der Waals surface area (Å²) in [4.78, 5) is 12.8. The molecule has 1 fully saturated rings. The van der Waals surface area contributed by atoms with Gasteiger partial charge in [0.05, 0.1) is 31.0 Å². The van der Waals surface area contributed by atoms with Gasteiger partial charge in [-0.1, -0.05) is 0 Å². The lowest BCUT2D eigenvalue weighted by atomic mass is 9.92. The van der Waals surface area contributed by atoms with Crippen molar-refractivity contribution in [3.8, 4) is 34.3 Å². The molecule has 4 atom stereocenters. The Kier molecular flexibility index (Phi) is 5.26. The van der Waals surface area contributed by atoms with Crippen molar-refractivity contribution in [2.45, 2.75) is 37.8 Å². The highest BCUT2D eigenvalue weighted by atomic mass is 16.5. The van der Waals surface area contributed by atoms with E-state index in [1.165, 1.54) is 37.4 Å². The number of aliphatic hydroxyl groups is 2. The van der Waals surface area contributed by atoms with Crippen molar-refractivity contribution in [2.75, 3.05) is 7.11 Å². The second kappa shape index (κ2) is 7.77. The van der Waals surface area contributed by atoms with Crippen LogP contribution in [0.3, 0.4) is 0 Å². The highest BCUT2D eigenvalue weighted by Gasteiger charge is 2.37. The normalized spacial score (nSPS) is 23.7. The SMILES string of the molecule is COc1cc(-c2cc(=O)c3c(O)c([C@H]4C[C@@H](O)[C@H](O)[C@@H](C)O4)c(O)cc3o2)ccc1O. The summed E-state index contributed by atoms with van der Waals surface area (Å²) in [7, 11) is 1.39. The van der Waals surface area contributed by atoms with E-state index in [0.717, 1.165) is 0 Å². The molecule has 0 unspecified atom stereocenters. The number of aromatic hydroxyl groups is 3. The third kappa shape index (κ3) is 3.56. The van der Waals surface area contributed by atoms with Crippen LogP contribution in [0.1, 0.15) is 25.0 Å². The summed E-state index contributed by atoms with van der Waals surface area (Å²) in [5.41, 5.74) is -0.237. The van der Waals surface area contributed by atoms with Crippen LogP contribution in [0.15, 0.2) is 39.5 Å². The lowest BCUT2D eigenvalue weighted by Crippen LogP contribution is -2.43. The number of methoxy groups -OCH3 is 1. The zero-order valence-corrected chi connectivity index (χ0v) is 16.8. The molecule has 9 nitrogen and oxygen atoms in total. The number of fused-ring (bicyclic) bond motifs is 1. The van der Waals surface area contributed by atoms with Gasteiger partial charge in [-0.15, -0.1) is 0 Å². The van der Waals surface area contributed by atoms with Crippen LogP contribution in [0, 0.1) is 0 Å². The summed E-state index contributed by atoms with van der Waals surface area (Å²) in [6.07, 6.45) is -3.97. The molecule has 4 rings (SSSR count). The minimum absolute atomic E-state index is 0.0577. The van der Waals surface area contributed by atoms with E-state index >= 15 is 0 Å². The molecule has 0 radical (unpaired) electrons. The molecule has 164 valence electrons. The van der Waals surface area contributed by atoms with Gasteiger partial charge in [-0.3, -0.25) is 4.79 Å². The van der Waals surface area contributed by atoms with Crippen LogP contribution in [-0.4, -0.2) is 51.0 Å². The quantitative estimate of drug-likeness (QED) is 0.421. The zero-order chi connectivity index (χ0) is 22.4. The van der Waals surface area contributed by atoms with Crippen molar-refractivity contribution >= 4 is 11.0 Å². The van der Waals surface area contributed by atoms with Gasteiger partial charge in [0, 0.05) is 24.1 Å². The Morgan fingerprint density at radius 2 is 1.81 bits per heavy atom.